The van der Waals surface area contributed by atoms with Gasteiger partial charge in [-0.1, -0.05) is 6.92 Å². The first kappa shape index (κ1) is 21.7. The van der Waals surface area contributed by atoms with Gasteiger partial charge >= 0.3 is 0 Å². The molecule has 1 aromatic carbocycles. The number of carbonyl (C=O) groups excluding carboxylic acids is 2. The molecule has 0 aliphatic carbocycles. The summed E-state index contributed by atoms with van der Waals surface area (Å²) in [5.74, 6) is 1.10. The van der Waals surface area contributed by atoms with Crippen molar-refractivity contribution in [2.45, 2.75) is 32.2 Å². The Morgan fingerprint density at radius 2 is 1.81 bits per heavy atom. The van der Waals surface area contributed by atoms with Crippen molar-refractivity contribution in [2.75, 3.05) is 40.4 Å². The molecule has 0 atom stereocenters. The molecule has 8 heteroatoms. The molecule has 2 rings (SSSR count). The maximum atomic E-state index is 12.7. The van der Waals surface area contributed by atoms with Gasteiger partial charge < -0.3 is 20.1 Å². The molecule has 2 N–H and O–H groups in total. The van der Waals surface area contributed by atoms with Crippen LogP contribution in [-0.4, -0.2) is 63.2 Å². The van der Waals surface area contributed by atoms with E-state index in [9.17, 15) is 9.59 Å². The molecular weight excluding hydrogens is 461 g/mol. The Morgan fingerprint density at radius 1 is 1.19 bits per heavy atom. The minimum atomic E-state index is -0.112. The number of halogens is 1. The summed E-state index contributed by atoms with van der Waals surface area (Å²) in [4.78, 5) is 26.6. The van der Waals surface area contributed by atoms with Gasteiger partial charge in [0.05, 0.1) is 26.3 Å². The second kappa shape index (κ2) is 10.7. The van der Waals surface area contributed by atoms with Crippen molar-refractivity contribution < 1.29 is 19.1 Å². The van der Waals surface area contributed by atoms with E-state index in [-0.39, 0.29) is 17.9 Å². The fourth-order valence-electron chi connectivity index (χ4n) is 3.05. The molecule has 0 unspecified atom stereocenters. The van der Waals surface area contributed by atoms with Crippen molar-refractivity contribution in [3.63, 3.8) is 0 Å². The van der Waals surface area contributed by atoms with Crippen LogP contribution in [0.1, 0.15) is 36.5 Å². The van der Waals surface area contributed by atoms with Gasteiger partial charge in [-0.2, -0.15) is 0 Å². The molecule has 0 bridgehead atoms. The fourth-order valence-corrected chi connectivity index (χ4v) is 3.73. The SMILES string of the molecule is CCCNC(=O)CN1CCC(NC(=O)c2cc(OC)c(OC)cc2I)CC1. The summed E-state index contributed by atoms with van der Waals surface area (Å²) in [7, 11) is 3.13. The average Bonchev–Trinajstić information content (AvgIpc) is 2.67. The minimum Gasteiger partial charge on any atom is -0.493 e. The quantitative estimate of drug-likeness (QED) is 0.547. The van der Waals surface area contributed by atoms with Crippen LogP contribution in [0.4, 0.5) is 0 Å². The van der Waals surface area contributed by atoms with E-state index in [2.05, 4.69) is 38.1 Å². The summed E-state index contributed by atoms with van der Waals surface area (Å²) < 4.78 is 11.4. The largest absolute Gasteiger partial charge is 0.493 e. The number of nitrogens with one attached hydrogen (secondary N) is 2. The van der Waals surface area contributed by atoms with Crippen LogP contribution in [0, 0.1) is 3.57 Å². The predicted octanol–water partition coefficient (Wildman–Crippen LogP) is 2.03. The van der Waals surface area contributed by atoms with Gasteiger partial charge in [0.1, 0.15) is 0 Å². The van der Waals surface area contributed by atoms with Crippen LogP contribution in [0.2, 0.25) is 0 Å². The van der Waals surface area contributed by atoms with Crippen molar-refractivity contribution in [1.29, 1.82) is 0 Å². The molecule has 150 valence electrons. The van der Waals surface area contributed by atoms with Crippen molar-refractivity contribution >= 4 is 34.4 Å². The summed E-state index contributed by atoms with van der Waals surface area (Å²) in [5, 5.41) is 6.00. The van der Waals surface area contributed by atoms with E-state index in [1.807, 2.05) is 6.92 Å². The van der Waals surface area contributed by atoms with E-state index in [1.165, 1.54) is 0 Å². The fraction of sp³-hybridized carbons (Fsp3) is 0.579. The normalized spacial score (nSPS) is 15.3. The summed E-state index contributed by atoms with van der Waals surface area (Å²) in [6.07, 6.45) is 2.60. The molecule has 27 heavy (non-hydrogen) atoms. The molecule has 0 aromatic heterocycles. The summed E-state index contributed by atoms with van der Waals surface area (Å²) >= 11 is 2.13. The summed E-state index contributed by atoms with van der Waals surface area (Å²) in [6, 6.07) is 3.62. The second-order valence-electron chi connectivity index (χ2n) is 6.56. The zero-order valence-corrected chi connectivity index (χ0v) is 18.3. The van der Waals surface area contributed by atoms with Crippen LogP contribution in [0.15, 0.2) is 12.1 Å². The minimum absolute atomic E-state index is 0.0687. The van der Waals surface area contributed by atoms with E-state index in [0.717, 1.165) is 42.5 Å². The first-order valence-electron chi connectivity index (χ1n) is 9.19. The van der Waals surface area contributed by atoms with Crippen LogP contribution < -0.4 is 20.1 Å². The first-order chi connectivity index (χ1) is 13.0. The first-order valence-corrected chi connectivity index (χ1v) is 10.3. The van der Waals surface area contributed by atoms with Gasteiger partial charge in [0.2, 0.25) is 5.91 Å². The monoisotopic (exact) mass is 489 g/mol. The highest BCUT2D eigenvalue weighted by molar-refractivity contribution is 14.1. The number of likely N-dealkylation sites (tertiary alicyclic amines) is 1. The van der Waals surface area contributed by atoms with Gasteiger partial charge in [-0.3, -0.25) is 14.5 Å². The number of hydrogen-bond acceptors (Lipinski definition) is 5. The lowest BCUT2D eigenvalue weighted by atomic mass is 10.0. The third-order valence-electron chi connectivity index (χ3n) is 4.58. The number of piperidine rings is 1. The molecule has 1 aliphatic rings. The lowest BCUT2D eigenvalue weighted by Crippen LogP contribution is -2.47. The molecule has 1 heterocycles. The second-order valence-corrected chi connectivity index (χ2v) is 7.72. The lowest BCUT2D eigenvalue weighted by Gasteiger charge is -2.32. The molecule has 0 radical (unpaired) electrons. The number of nitrogens with zero attached hydrogens (tertiary/aromatic N) is 1. The van der Waals surface area contributed by atoms with Crippen LogP contribution in [0.5, 0.6) is 11.5 Å². The van der Waals surface area contributed by atoms with E-state index >= 15 is 0 Å². The predicted molar refractivity (Wildman–Crippen MR) is 112 cm³/mol. The number of amides is 2. The van der Waals surface area contributed by atoms with Crippen molar-refractivity contribution in [3.8, 4) is 11.5 Å². The highest BCUT2D eigenvalue weighted by atomic mass is 127. The Kier molecular flexibility index (Phi) is 8.62. The smallest absolute Gasteiger partial charge is 0.252 e. The van der Waals surface area contributed by atoms with Crippen molar-refractivity contribution in [3.05, 3.63) is 21.3 Å². The summed E-state index contributed by atoms with van der Waals surface area (Å²) in [6.45, 7) is 4.78. The number of methoxy groups -OCH3 is 2. The van der Waals surface area contributed by atoms with Gasteiger partial charge in [-0.25, -0.2) is 0 Å². The molecule has 7 nitrogen and oxygen atoms in total. The number of ether oxygens (including phenoxy) is 2. The number of benzene rings is 1. The maximum Gasteiger partial charge on any atom is 0.252 e. The van der Waals surface area contributed by atoms with Crippen molar-refractivity contribution in [2.24, 2.45) is 0 Å². The Hall–Kier alpha value is -1.55. The number of hydrogen-bond donors (Lipinski definition) is 2. The molecule has 0 saturated carbocycles. The van der Waals surface area contributed by atoms with E-state index in [0.29, 0.717) is 23.6 Å². The number of carbonyl (C=O) groups is 2. The molecular formula is C19H28IN3O4. The Bertz CT molecular complexity index is 661. The third kappa shape index (κ3) is 6.24. The Morgan fingerprint density at radius 3 is 2.41 bits per heavy atom. The zero-order chi connectivity index (χ0) is 19.8. The Balaban J connectivity index is 1.88. The highest BCUT2D eigenvalue weighted by Gasteiger charge is 2.24. The molecule has 1 aromatic rings. The van der Waals surface area contributed by atoms with Crippen molar-refractivity contribution in [1.82, 2.24) is 15.5 Å². The maximum absolute atomic E-state index is 12.7. The van der Waals surface area contributed by atoms with Crippen LogP contribution >= 0.6 is 22.6 Å². The van der Waals surface area contributed by atoms with Gasteiger partial charge in [-0.15, -0.1) is 0 Å². The van der Waals surface area contributed by atoms with Gasteiger partial charge in [0.15, 0.2) is 11.5 Å². The van der Waals surface area contributed by atoms with E-state index < -0.39 is 0 Å². The third-order valence-corrected chi connectivity index (χ3v) is 5.47. The molecule has 1 saturated heterocycles. The lowest BCUT2D eigenvalue weighted by molar-refractivity contribution is -0.122. The number of rotatable bonds is 8. The van der Waals surface area contributed by atoms with Gasteiger partial charge in [-0.05, 0) is 54.0 Å². The van der Waals surface area contributed by atoms with E-state index in [4.69, 9.17) is 9.47 Å². The Labute approximate surface area is 174 Å². The van der Waals surface area contributed by atoms with Crippen LogP contribution in [0.3, 0.4) is 0 Å². The average molecular weight is 489 g/mol. The topological polar surface area (TPSA) is 79.9 Å². The van der Waals surface area contributed by atoms with Crippen LogP contribution in [0.25, 0.3) is 0 Å². The molecule has 1 aliphatic heterocycles. The van der Waals surface area contributed by atoms with E-state index in [1.54, 1.807) is 26.4 Å². The molecule has 1 fully saturated rings. The molecule has 2 amide bonds. The van der Waals surface area contributed by atoms with Gasteiger partial charge in [0.25, 0.3) is 5.91 Å². The highest BCUT2D eigenvalue weighted by Crippen LogP contribution is 2.31. The summed E-state index contributed by atoms with van der Waals surface area (Å²) in [5.41, 5.74) is 0.578. The van der Waals surface area contributed by atoms with Gasteiger partial charge in [0, 0.05) is 29.2 Å². The standard InChI is InChI=1S/C19H28IN3O4/c1-4-7-21-18(24)12-23-8-5-13(6-9-23)22-19(25)14-10-16(26-2)17(27-3)11-15(14)20/h10-11,13H,4-9,12H2,1-3H3,(H,21,24)(H,22,25). The zero-order valence-electron chi connectivity index (χ0n) is 16.1. The van der Waals surface area contributed by atoms with Crippen LogP contribution in [-0.2, 0) is 4.79 Å². The molecule has 0 spiro atoms.